The molecule has 0 saturated carbocycles. The minimum atomic E-state index is -0.482. The van der Waals surface area contributed by atoms with Gasteiger partial charge < -0.3 is 30.0 Å². The maximum absolute atomic E-state index is 11.8. The number of aliphatic hydroxyl groups excluding tert-OH is 1. The van der Waals surface area contributed by atoms with E-state index in [9.17, 15) is 9.90 Å². The van der Waals surface area contributed by atoms with E-state index < -0.39 is 6.29 Å². The number of carbonyl (C=O) groups excluding carboxylic acids is 1. The zero-order valence-electron chi connectivity index (χ0n) is 23.1. The monoisotopic (exact) mass is 545 g/mol. The van der Waals surface area contributed by atoms with E-state index in [-0.39, 0.29) is 24.8 Å². The molecule has 2 fully saturated rings. The fraction of sp³-hybridized carbons (Fsp3) is 0.406. The molecule has 0 aromatic heterocycles. The molecule has 3 atom stereocenters. The minimum absolute atomic E-state index is 0.0214. The van der Waals surface area contributed by atoms with Crippen molar-refractivity contribution in [3.63, 3.8) is 0 Å². The molecule has 0 radical (unpaired) electrons. The van der Waals surface area contributed by atoms with E-state index in [2.05, 4.69) is 51.9 Å². The van der Waals surface area contributed by atoms with Crippen LogP contribution in [0, 0.1) is 0 Å². The number of carbonyl (C=O) groups is 1. The van der Waals surface area contributed by atoms with Crippen molar-refractivity contribution in [3.8, 4) is 11.1 Å². The Hall–Kier alpha value is -3.27. The Morgan fingerprint density at radius 1 is 0.900 bits per heavy atom. The molecule has 3 N–H and O–H groups in total. The second-order valence-electron chi connectivity index (χ2n) is 10.3. The molecule has 2 aliphatic rings. The van der Waals surface area contributed by atoms with Gasteiger partial charge in [-0.3, -0.25) is 4.90 Å². The highest BCUT2D eigenvalue weighted by atomic mass is 16.7. The Balaban J connectivity index is 1.30. The van der Waals surface area contributed by atoms with Crippen LogP contribution in [0.25, 0.3) is 11.1 Å². The molecule has 2 saturated heterocycles. The number of hydrogen-bond donors (Lipinski definition) is 3. The quantitative estimate of drug-likeness (QED) is 0.366. The van der Waals surface area contributed by atoms with Gasteiger partial charge in [-0.05, 0) is 40.8 Å². The number of benzene rings is 3. The van der Waals surface area contributed by atoms with E-state index in [4.69, 9.17) is 14.2 Å². The number of urea groups is 1. The molecule has 2 aliphatic heterocycles. The van der Waals surface area contributed by atoms with Crippen LogP contribution in [0.2, 0.25) is 0 Å². The largest absolute Gasteiger partial charge is 0.392 e. The van der Waals surface area contributed by atoms with Crippen LogP contribution in [0.1, 0.15) is 48.0 Å². The molecule has 5 rings (SSSR count). The van der Waals surface area contributed by atoms with Gasteiger partial charge in [0, 0.05) is 44.7 Å². The summed E-state index contributed by atoms with van der Waals surface area (Å²) in [7, 11) is 0. The first-order chi connectivity index (χ1) is 19.6. The van der Waals surface area contributed by atoms with Crippen molar-refractivity contribution in [3.05, 3.63) is 95.1 Å². The molecular weight excluding hydrogens is 506 g/mol. The van der Waals surface area contributed by atoms with Crippen molar-refractivity contribution in [2.45, 2.75) is 45.0 Å². The molecule has 0 bridgehead atoms. The lowest BCUT2D eigenvalue weighted by Crippen LogP contribution is -2.44. The summed E-state index contributed by atoms with van der Waals surface area (Å²) in [4.78, 5) is 14.2. The third kappa shape index (κ3) is 7.47. The van der Waals surface area contributed by atoms with Crippen LogP contribution in [0.4, 0.5) is 4.79 Å². The smallest absolute Gasteiger partial charge is 0.315 e. The number of hydrogen-bond acceptors (Lipinski definition) is 6. The predicted octanol–water partition coefficient (Wildman–Crippen LogP) is 4.54. The van der Waals surface area contributed by atoms with Crippen LogP contribution in [0.5, 0.6) is 0 Å². The summed E-state index contributed by atoms with van der Waals surface area (Å²) in [5.41, 5.74) is 6.15. The van der Waals surface area contributed by atoms with Crippen molar-refractivity contribution < 1.29 is 24.1 Å². The zero-order chi connectivity index (χ0) is 27.7. The average molecular weight is 546 g/mol. The third-order valence-electron chi connectivity index (χ3n) is 7.41. The van der Waals surface area contributed by atoms with Crippen LogP contribution in [-0.4, -0.2) is 61.5 Å². The van der Waals surface area contributed by atoms with E-state index in [0.717, 1.165) is 72.6 Å². The normalized spacial score (nSPS) is 21.6. The summed E-state index contributed by atoms with van der Waals surface area (Å²) in [6.45, 7) is 7.15. The molecular formula is C32H39N3O5. The lowest BCUT2D eigenvalue weighted by Gasteiger charge is -2.39. The zero-order valence-corrected chi connectivity index (χ0v) is 23.1. The van der Waals surface area contributed by atoms with Gasteiger partial charge >= 0.3 is 6.03 Å². The van der Waals surface area contributed by atoms with Gasteiger partial charge in [0.25, 0.3) is 0 Å². The molecule has 40 heavy (non-hydrogen) atoms. The average Bonchev–Trinajstić information content (AvgIpc) is 3.01. The maximum atomic E-state index is 11.8. The van der Waals surface area contributed by atoms with Gasteiger partial charge in [-0.2, -0.15) is 0 Å². The number of rotatable bonds is 9. The summed E-state index contributed by atoms with van der Waals surface area (Å²) >= 11 is 0. The predicted molar refractivity (Wildman–Crippen MR) is 153 cm³/mol. The molecule has 0 unspecified atom stereocenters. The number of nitrogens with zero attached hydrogens (tertiary/aromatic N) is 1. The molecule has 212 valence electrons. The first-order valence-electron chi connectivity index (χ1n) is 14.1. The van der Waals surface area contributed by atoms with Crippen LogP contribution >= 0.6 is 0 Å². The van der Waals surface area contributed by atoms with E-state index in [1.807, 2.05) is 43.3 Å². The summed E-state index contributed by atoms with van der Waals surface area (Å²) in [6, 6.07) is 24.3. The molecule has 0 aliphatic carbocycles. The second-order valence-corrected chi connectivity index (χ2v) is 10.3. The van der Waals surface area contributed by atoms with Crippen LogP contribution in [0.3, 0.4) is 0 Å². The molecule has 2 amide bonds. The van der Waals surface area contributed by atoms with Crippen molar-refractivity contribution >= 4 is 6.03 Å². The SMILES string of the molecule is CCNC(=O)NCc1cccc(-c2ccc([C@@H]3O[C@H](CN4CCOCC4)C[C@H](c4ccc(CO)cc4)O3)cc2)c1. The fourth-order valence-corrected chi connectivity index (χ4v) is 5.20. The summed E-state index contributed by atoms with van der Waals surface area (Å²) < 4.78 is 18.6. The minimum Gasteiger partial charge on any atom is -0.392 e. The molecule has 8 heteroatoms. The standard InChI is InChI=1S/C32H39N3O5/c1-2-33-32(37)34-20-24-4-3-5-28(18-24)25-10-12-27(13-11-25)31-39-29(21-35-14-16-38-17-15-35)19-30(40-31)26-8-6-23(22-36)7-9-26/h3-13,18,29-31,36H,2,14-17,19-22H2,1H3,(H2,33,34,37)/t29-,30+,31+/m0/s1. The molecule has 3 aromatic rings. The van der Waals surface area contributed by atoms with Gasteiger partial charge in [-0.15, -0.1) is 0 Å². The van der Waals surface area contributed by atoms with Gasteiger partial charge in [-0.1, -0.05) is 66.7 Å². The van der Waals surface area contributed by atoms with Gasteiger partial charge in [0.05, 0.1) is 32.0 Å². The van der Waals surface area contributed by atoms with Gasteiger partial charge in [0.15, 0.2) is 6.29 Å². The Labute approximate surface area is 236 Å². The van der Waals surface area contributed by atoms with Gasteiger partial charge in [0.1, 0.15) is 0 Å². The molecule has 0 spiro atoms. The van der Waals surface area contributed by atoms with E-state index in [0.29, 0.717) is 13.1 Å². The molecule has 8 nitrogen and oxygen atoms in total. The van der Waals surface area contributed by atoms with Gasteiger partial charge in [-0.25, -0.2) is 4.79 Å². The van der Waals surface area contributed by atoms with Crippen molar-refractivity contribution in [1.29, 1.82) is 0 Å². The molecule has 2 heterocycles. The number of amides is 2. The second kappa shape index (κ2) is 13.9. The van der Waals surface area contributed by atoms with Crippen LogP contribution in [0.15, 0.2) is 72.8 Å². The third-order valence-corrected chi connectivity index (χ3v) is 7.41. The molecule has 3 aromatic carbocycles. The van der Waals surface area contributed by atoms with Crippen molar-refractivity contribution in [2.24, 2.45) is 0 Å². The topological polar surface area (TPSA) is 92.3 Å². The number of ether oxygens (including phenoxy) is 3. The fourth-order valence-electron chi connectivity index (χ4n) is 5.20. The number of aliphatic hydroxyl groups is 1. The highest BCUT2D eigenvalue weighted by Gasteiger charge is 2.33. The Morgan fingerprint density at radius 3 is 2.38 bits per heavy atom. The Bertz CT molecular complexity index is 1230. The number of nitrogens with one attached hydrogen (secondary N) is 2. The number of morpholine rings is 1. The summed E-state index contributed by atoms with van der Waals surface area (Å²) in [6.07, 6.45) is 0.199. The lowest BCUT2D eigenvalue weighted by molar-refractivity contribution is -0.253. The Kier molecular flexibility index (Phi) is 9.81. The van der Waals surface area contributed by atoms with Gasteiger partial charge in [0.2, 0.25) is 0 Å². The van der Waals surface area contributed by atoms with E-state index in [1.54, 1.807) is 0 Å². The summed E-state index contributed by atoms with van der Waals surface area (Å²) in [5.74, 6) is 0. The van der Waals surface area contributed by atoms with Crippen molar-refractivity contribution in [1.82, 2.24) is 15.5 Å². The van der Waals surface area contributed by atoms with E-state index in [1.165, 1.54) is 0 Å². The van der Waals surface area contributed by atoms with E-state index >= 15 is 0 Å². The van der Waals surface area contributed by atoms with Crippen LogP contribution in [-0.2, 0) is 27.4 Å². The highest BCUT2D eigenvalue weighted by molar-refractivity contribution is 5.73. The maximum Gasteiger partial charge on any atom is 0.315 e. The highest BCUT2D eigenvalue weighted by Crippen LogP contribution is 2.38. The first kappa shape index (κ1) is 28.3. The first-order valence-corrected chi connectivity index (χ1v) is 14.1. The summed E-state index contributed by atoms with van der Waals surface area (Å²) in [5, 5.41) is 15.1. The lowest BCUT2D eigenvalue weighted by atomic mass is 9.99. The van der Waals surface area contributed by atoms with Crippen LogP contribution < -0.4 is 10.6 Å². The Morgan fingerprint density at radius 2 is 1.65 bits per heavy atom. The van der Waals surface area contributed by atoms with Crippen molar-refractivity contribution in [2.75, 3.05) is 39.4 Å².